The summed E-state index contributed by atoms with van der Waals surface area (Å²) >= 11 is 0. The molecule has 31 heavy (non-hydrogen) atoms. The molecule has 2 N–H and O–H groups in total. The topological polar surface area (TPSA) is 84.3 Å². The molecule has 9 heteroatoms. The highest BCUT2D eigenvalue weighted by Gasteiger charge is 2.45. The number of alkyl halides is 3. The van der Waals surface area contributed by atoms with Gasteiger partial charge in [0.25, 0.3) is 0 Å². The summed E-state index contributed by atoms with van der Waals surface area (Å²) in [5, 5.41) is 12.2. The average Bonchev–Trinajstić information content (AvgIpc) is 3.53. The summed E-state index contributed by atoms with van der Waals surface area (Å²) < 4.78 is 41.0. The van der Waals surface area contributed by atoms with E-state index < -0.39 is 12.3 Å². The van der Waals surface area contributed by atoms with Crippen LogP contribution in [0, 0.1) is 5.92 Å². The number of nitrogens with zero attached hydrogens (tertiary/aromatic N) is 2. The van der Waals surface area contributed by atoms with Gasteiger partial charge in [0.15, 0.2) is 0 Å². The molecule has 6 nitrogen and oxygen atoms in total. The van der Waals surface area contributed by atoms with Crippen LogP contribution >= 0.6 is 0 Å². The fraction of sp³-hybridized carbons (Fsp3) is 0.227. The van der Waals surface area contributed by atoms with E-state index in [1.165, 1.54) is 18.2 Å². The van der Waals surface area contributed by atoms with Crippen molar-refractivity contribution in [1.82, 2.24) is 9.97 Å². The summed E-state index contributed by atoms with van der Waals surface area (Å²) in [6.45, 7) is 0.277. The van der Waals surface area contributed by atoms with Crippen LogP contribution in [0.3, 0.4) is 0 Å². The number of carbonyl (C=O) groups is 1. The molecule has 1 saturated carbocycles. The van der Waals surface area contributed by atoms with Gasteiger partial charge >= 0.3 is 12.3 Å². The molecule has 1 aliphatic carbocycles. The van der Waals surface area contributed by atoms with Crippen molar-refractivity contribution >= 4 is 11.8 Å². The second-order valence-corrected chi connectivity index (χ2v) is 7.24. The number of aliphatic carboxylic acids is 1. The van der Waals surface area contributed by atoms with E-state index in [-0.39, 0.29) is 24.1 Å². The first-order chi connectivity index (χ1) is 14.8. The minimum atomic E-state index is -4.73. The lowest BCUT2D eigenvalue weighted by Crippen LogP contribution is -2.17. The van der Waals surface area contributed by atoms with Gasteiger partial charge in [-0.05, 0) is 53.9 Å². The summed E-state index contributed by atoms with van der Waals surface area (Å²) in [6.07, 6.45) is -0.803. The van der Waals surface area contributed by atoms with E-state index in [1.54, 1.807) is 24.5 Å². The number of hydrogen-bond acceptors (Lipinski definition) is 5. The molecule has 160 valence electrons. The molecule has 2 atom stereocenters. The van der Waals surface area contributed by atoms with Crippen molar-refractivity contribution in [2.24, 2.45) is 5.92 Å². The largest absolute Gasteiger partial charge is 0.573 e. The molecule has 2 heterocycles. The first-order valence-electron chi connectivity index (χ1n) is 9.52. The number of hydrogen-bond donors (Lipinski definition) is 2. The smallest absolute Gasteiger partial charge is 0.481 e. The maximum absolute atomic E-state index is 12.4. The molecule has 1 aliphatic rings. The van der Waals surface area contributed by atoms with E-state index >= 15 is 0 Å². The van der Waals surface area contributed by atoms with Crippen molar-refractivity contribution in [2.75, 3.05) is 5.32 Å². The second-order valence-electron chi connectivity index (χ2n) is 7.24. The highest BCUT2D eigenvalue weighted by Crippen LogP contribution is 2.47. The van der Waals surface area contributed by atoms with Crippen molar-refractivity contribution in [2.45, 2.75) is 25.2 Å². The van der Waals surface area contributed by atoms with E-state index in [0.717, 1.165) is 16.8 Å². The zero-order valence-corrected chi connectivity index (χ0v) is 16.1. The van der Waals surface area contributed by atoms with Crippen LogP contribution in [-0.4, -0.2) is 27.4 Å². The number of pyridine rings is 2. The second kappa shape index (κ2) is 8.25. The van der Waals surface area contributed by atoms with Gasteiger partial charge in [0.05, 0.1) is 5.92 Å². The van der Waals surface area contributed by atoms with Gasteiger partial charge in [-0.25, -0.2) is 4.98 Å². The van der Waals surface area contributed by atoms with Crippen LogP contribution in [0.2, 0.25) is 0 Å². The van der Waals surface area contributed by atoms with E-state index in [1.807, 2.05) is 18.2 Å². The van der Waals surface area contributed by atoms with Gasteiger partial charge in [0.2, 0.25) is 0 Å². The Hall–Kier alpha value is -3.62. The molecule has 0 bridgehead atoms. The number of nitrogens with one attached hydrogen (secondary N) is 1. The molecule has 0 unspecified atom stereocenters. The first-order valence-corrected chi connectivity index (χ1v) is 9.52. The van der Waals surface area contributed by atoms with Gasteiger partial charge in [-0.1, -0.05) is 12.1 Å². The average molecular weight is 429 g/mol. The third-order valence-electron chi connectivity index (χ3n) is 4.97. The molecule has 0 amide bonds. The summed E-state index contributed by atoms with van der Waals surface area (Å²) in [7, 11) is 0. The van der Waals surface area contributed by atoms with E-state index in [4.69, 9.17) is 5.11 Å². The Labute approximate surface area is 175 Å². The van der Waals surface area contributed by atoms with Crippen LogP contribution in [0.5, 0.6) is 5.75 Å². The van der Waals surface area contributed by atoms with Gasteiger partial charge in [0.1, 0.15) is 11.6 Å². The number of carboxylic acids is 1. The highest BCUT2D eigenvalue weighted by molar-refractivity contribution is 5.75. The Kier molecular flexibility index (Phi) is 5.50. The van der Waals surface area contributed by atoms with Crippen LogP contribution < -0.4 is 10.1 Å². The lowest BCUT2D eigenvalue weighted by molar-refractivity contribution is -0.274. The number of carboxylic acid groups (broad SMARTS) is 1. The highest BCUT2D eigenvalue weighted by atomic mass is 19.4. The van der Waals surface area contributed by atoms with Gasteiger partial charge in [-0.15, -0.1) is 13.2 Å². The van der Waals surface area contributed by atoms with Crippen LogP contribution in [0.4, 0.5) is 19.0 Å². The zero-order valence-electron chi connectivity index (χ0n) is 16.1. The van der Waals surface area contributed by atoms with Gasteiger partial charge in [-0.3, -0.25) is 9.78 Å². The minimum Gasteiger partial charge on any atom is -0.481 e. The fourth-order valence-electron chi connectivity index (χ4n) is 3.34. The molecule has 3 aromatic rings. The Balaban J connectivity index is 1.39. The van der Waals surface area contributed by atoms with E-state index in [0.29, 0.717) is 17.8 Å². The monoisotopic (exact) mass is 429 g/mol. The van der Waals surface area contributed by atoms with Crippen molar-refractivity contribution in [3.05, 3.63) is 72.2 Å². The standard InChI is InChI=1S/C22H18F3N3O3/c23-22(24,25)31-16-3-1-2-13(8-16)11-27-20-5-4-15(12-28-20)14-6-7-26-19(9-14)17-10-18(17)21(29)30/h1-9,12,17-18H,10-11H2,(H,27,28)(H,29,30)/t17-,18-/m0/s1. The summed E-state index contributed by atoms with van der Waals surface area (Å²) in [4.78, 5) is 19.7. The number of anilines is 1. The molecule has 0 aliphatic heterocycles. The molecule has 1 aromatic carbocycles. The summed E-state index contributed by atoms with van der Waals surface area (Å²) in [6, 6.07) is 13.1. The van der Waals surface area contributed by atoms with Crippen LogP contribution in [0.15, 0.2) is 60.9 Å². The van der Waals surface area contributed by atoms with Crippen molar-refractivity contribution in [3.63, 3.8) is 0 Å². The molecular formula is C22H18F3N3O3. The van der Waals surface area contributed by atoms with E-state index in [9.17, 15) is 18.0 Å². The maximum Gasteiger partial charge on any atom is 0.573 e. The lowest BCUT2D eigenvalue weighted by Gasteiger charge is -2.11. The molecular weight excluding hydrogens is 411 g/mol. The predicted molar refractivity (Wildman–Crippen MR) is 106 cm³/mol. The third kappa shape index (κ3) is 5.30. The number of aromatic nitrogens is 2. The lowest BCUT2D eigenvalue weighted by atomic mass is 10.1. The molecule has 4 rings (SSSR count). The Morgan fingerprint density at radius 1 is 1.13 bits per heavy atom. The van der Waals surface area contributed by atoms with Crippen molar-refractivity contribution in [3.8, 4) is 16.9 Å². The van der Waals surface area contributed by atoms with Crippen molar-refractivity contribution < 1.29 is 27.8 Å². The van der Waals surface area contributed by atoms with Crippen molar-refractivity contribution in [1.29, 1.82) is 0 Å². The Morgan fingerprint density at radius 3 is 2.65 bits per heavy atom. The quantitative estimate of drug-likeness (QED) is 0.559. The zero-order chi connectivity index (χ0) is 22.0. The normalized spacial score (nSPS) is 17.8. The van der Waals surface area contributed by atoms with E-state index in [2.05, 4.69) is 20.0 Å². The number of ether oxygens (including phenoxy) is 1. The number of benzene rings is 1. The molecule has 1 fully saturated rings. The van der Waals surface area contributed by atoms with Crippen LogP contribution in [0.1, 0.15) is 23.6 Å². The summed E-state index contributed by atoms with van der Waals surface area (Å²) in [5.74, 6) is -0.932. The SMILES string of the molecule is O=C(O)[C@H]1C[C@@H]1c1cc(-c2ccc(NCc3cccc(OC(F)(F)F)c3)nc2)ccn1. The minimum absolute atomic E-state index is 0.0524. The van der Waals surface area contributed by atoms with Crippen LogP contribution in [0.25, 0.3) is 11.1 Å². The van der Waals surface area contributed by atoms with Gasteiger partial charge in [0, 0.05) is 36.1 Å². The van der Waals surface area contributed by atoms with Gasteiger partial charge < -0.3 is 15.2 Å². The Bertz CT molecular complexity index is 1090. The third-order valence-corrected chi connectivity index (χ3v) is 4.97. The predicted octanol–water partition coefficient (Wildman–Crippen LogP) is 4.84. The molecule has 0 radical (unpaired) electrons. The number of halogens is 3. The first kappa shape index (κ1) is 20.6. The fourth-order valence-corrected chi connectivity index (χ4v) is 3.34. The van der Waals surface area contributed by atoms with Crippen LogP contribution in [-0.2, 0) is 11.3 Å². The van der Waals surface area contributed by atoms with Gasteiger partial charge in [-0.2, -0.15) is 0 Å². The molecule has 0 saturated heterocycles. The number of rotatable bonds is 7. The summed E-state index contributed by atoms with van der Waals surface area (Å²) in [5.41, 5.74) is 3.11. The Morgan fingerprint density at radius 2 is 1.97 bits per heavy atom. The maximum atomic E-state index is 12.4. The molecule has 2 aromatic heterocycles. The molecule has 0 spiro atoms.